The molecule has 0 atom stereocenters. The molecule has 0 aliphatic carbocycles. The van der Waals surface area contributed by atoms with Gasteiger partial charge in [-0.1, -0.05) is 24.3 Å². The van der Waals surface area contributed by atoms with Gasteiger partial charge in [-0.25, -0.2) is 17.7 Å². The molecule has 116 valence electrons. The van der Waals surface area contributed by atoms with E-state index in [1.165, 1.54) is 6.07 Å². The molecule has 1 aromatic carbocycles. The number of rotatable bonds is 4. The first-order valence-corrected chi connectivity index (χ1v) is 8.51. The molecule has 0 radical (unpaired) electrons. The lowest BCUT2D eigenvalue weighted by Gasteiger charge is -2.03. The van der Waals surface area contributed by atoms with E-state index in [1.807, 2.05) is 36.5 Å². The van der Waals surface area contributed by atoms with Crippen LogP contribution < -0.4 is 4.72 Å². The Morgan fingerprint density at radius 2 is 1.96 bits per heavy atom. The summed E-state index contributed by atoms with van der Waals surface area (Å²) in [6.45, 7) is 0.146. The van der Waals surface area contributed by atoms with Crippen LogP contribution in [0.1, 0.15) is 5.56 Å². The number of nitrogens with zero attached hydrogens (tertiary/aromatic N) is 2. The standard InChI is InChI=1S/C16H13N3O3S/c20-23(21,16-9-12-5-1-2-7-15(12)22-16)18-11-13-10-17-19-8-4-3-6-14(13)19/h1-10,18H,11H2. The van der Waals surface area contributed by atoms with Gasteiger partial charge >= 0.3 is 0 Å². The molecule has 0 saturated carbocycles. The Hall–Kier alpha value is -2.64. The van der Waals surface area contributed by atoms with E-state index in [0.29, 0.717) is 5.58 Å². The third kappa shape index (κ3) is 2.49. The van der Waals surface area contributed by atoms with Gasteiger partial charge in [-0.15, -0.1) is 0 Å². The van der Waals surface area contributed by atoms with Crippen LogP contribution in [-0.4, -0.2) is 18.0 Å². The van der Waals surface area contributed by atoms with Crippen molar-refractivity contribution in [2.45, 2.75) is 11.6 Å². The quantitative estimate of drug-likeness (QED) is 0.625. The molecular weight excluding hydrogens is 314 g/mol. The molecule has 0 unspecified atom stereocenters. The van der Waals surface area contributed by atoms with Crippen LogP contribution in [0.4, 0.5) is 0 Å². The molecule has 4 rings (SSSR count). The van der Waals surface area contributed by atoms with E-state index in [0.717, 1.165) is 16.5 Å². The third-order valence-corrected chi connectivity index (χ3v) is 4.88. The highest BCUT2D eigenvalue weighted by molar-refractivity contribution is 7.89. The topological polar surface area (TPSA) is 76.6 Å². The Bertz CT molecular complexity index is 1060. The summed E-state index contributed by atoms with van der Waals surface area (Å²) < 4.78 is 34.5. The predicted molar refractivity (Wildman–Crippen MR) is 85.4 cm³/mol. The molecule has 0 aliphatic heterocycles. The van der Waals surface area contributed by atoms with Gasteiger partial charge in [0.25, 0.3) is 10.0 Å². The molecule has 1 N–H and O–H groups in total. The molecule has 0 saturated heterocycles. The van der Waals surface area contributed by atoms with Gasteiger partial charge < -0.3 is 4.42 Å². The monoisotopic (exact) mass is 327 g/mol. The van der Waals surface area contributed by atoms with Gasteiger partial charge in [0.1, 0.15) is 5.58 Å². The minimum absolute atomic E-state index is 0.0878. The largest absolute Gasteiger partial charge is 0.443 e. The molecule has 6 nitrogen and oxygen atoms in total. The van der Waals surface area contributed by atoms with Gasteiger partial charge in [-0.3, -0.25) is 0 Å². The molecule has 23 heavy (non-hydrogen) atoms. The van der Waals surface area contributed by atoms with E-state index in [9.17, 15) is 8.42 Å². The van der Waals surface area contributed by atoms with Gasteiger partial charge in [0.05, 0.1) is 11.7 Å². The highest BCUT2D eigenvalue weighted by Gasteiger charge is 2.19. The van der Waals surface area contributed by atoms with Crippen molar-refractivity contribution in [1.29, 1.82) is 0 Å². The number of aromatic nitrogens is 2. The summed E-state index contributed by atoms with van der Waals surface area (Å²) >= 11 is 0. The van der Waals surface area contributed by atoms with Gasteiger partial charge in [-0.05, 0) is 18.2 Å². The molecule has 7 heteroatoms. The number of hydrogen-bond acceptors (Lipinski definition) is 4. The average molecular weight is 327 g/mol. The van der Waals surface area contributed by atoms with E-state index in [1.54, 1.807) is 22.8 Å². The van der Waals surface area contributed by atoms with Gasteiger partial charge in [-0.2, -0.15) is 5.10 Å². The van der Waals surface area contributed by atoms with Crippen LogP contribution in [0.5, 0.6) is 0 Å². The Morgan fingerprint density at radius 3 is 2.83 bits per heavy atom. The summed E-state index contributed by atoms with van der Waals surface area (Å²) in [5.74, 6) is 0. The summed E-state index contributed by atoms with van der Waals surface area (Å²) in [4.78, 5) is 0. The lowest BCUT2D eigenvalue weighted by molar-refractivity contribution is 0.475. The summed E-state index contributed by atoms with van der Waals surface area (Å²) in [5, 5.41) is 4.85. The van der Waals surface area contributed by atoms with Crippen molar-refractivity contribution < 1.29 is 12.8 Å². The number of benzene rings is 1. The SMILES string of the molecule is O=S(=O)(NCc1cnn2ccccc12)c1cc2ccccc2o1. The van der Waals surface area contributed by atoms with E-state index in [4.69, 9.17) is 4.42 Å². The van der Waals surface area contributed by atoms with Gasteiger partial charge in [0.2, 0.25) is 5.09 Å². The van der Waals surface area contributed by atoms with Crippen LogP contribution in [0.15, 0.2) is 70.4 Å². The summed E-state index contributed by atoms with van der Waals surface area (Å²) in [6.07, 6.45) is 3.46. The molecule has 0 bridgehead atoms. The first kappa shape index (κ1) is 14.0. The molecule has 0 aliphatic rings. The first-order chi connectivity index (χ1) is 11.1. The maximum absolute atomic E-state index is 12.4. The number of pyridine rings is 1. The van der Waals surface area contributed by atoms with Crippen LogP contribution in [0, 0.1) is 0 Å². The zero-order valence-corrected chi connectivity index (χ0v) is 12.8. The zero-order valence-electron chi connectivity index (χ0n) is 12.0. The number of sulfonamides is 1. The second kappa shape index (κ2) is 5.22. The summed E-state index contributed by atoms with van der Waals surface area (Å²) in [5.41, 5.74) is 2.20. The lowest BCUT2D eigenvalue weighted by Crippen LogP contribution is -2.22. The predicted octanol–water partition coefficient (Wildman–Crippen LogP) is 2.56. The fraction of sp³-hybridized carbons (Fsp3) is 0.0625. The molecule has 0 spiro atoms. The highest BCUT2D eigenvalue weighted by Crippen LogP contribution is 2.22. The Balaban J connectivity index is 1.62. The number of fused-ring (bicyclic) bond motifs is 2. The van der Waals surface area contributed by atoms with E-state index < -0.39 is 10.0 Å². The van der Waals surface area contributed by atoms with Crippen molar-refractivity contribution in [3.05, 3.63) is 66.5 Å². The van der Waals surface area contributed by atoms with E-state index >= 15 is 0 Å². The molecule has 3 heterocycles. The van der Waals surface area contributed by atoms with Crippen molar-refractivity contribution in [3.63, 3.8) is 0 Å². The molecular formula is C16H13N3O3S. The van der Waals surface area contributed by atoms with Crippen molar-refractivity contribution in [2.24, 2.45) is 0 Å². The number of nitrogens with one attached hydrogen (secondary N) is 1. The number of hydrogen-bond donors (Lipinski definition) is 1. The van der Waals surface area contributed by atoms with Crippen LogP contribution in [0.3, 0.4) is 0 Å². The minimum atomic E-state index is -3.72. The van der Waals surface area contributed by atoms with Crippen LogP contribution in [0.25, 0.3) is 16.5 Å². The Kier molecular flexibility index (Phi) is 3.17. The Morgan fingerprint density at radius 1 is 1.13 bits per heavy atom. The maximum Gasteiger partial charge on any atom is 0.274 e. The van der Waals surface area contributed by atoms with E-state index in [-0.39, 0.29) is 11.6 Å². The van der Waals surface area contributed by atoms with Crippen molar-refractivity contribution >= 4 is 26.5 Å². The normalized spacial score (nSPS) is 12.2. The first-order valence-electron chi connectivity index (χ1n) is 7.03. The second-order valence-electron chi connectivity index (χ2n) is 5.13. The lowest BCUT2D eigenvalue weighted by atomic mass is 10.3. The van der Waals surface area contributed by atoms with Crippen molar-refractivity contribution in [1.82, 2.24) is 14.3 Å². The summed E-state index contributed by atoms with van der Waals surface area (Å²) in [6, 6.07) is 14.3. The molecule has 0 amide bonds. The van der Waals surface area contributed by atoms with Crippen molar-refractivity contribution in [2.75, 3.05) is 0 Å². The fourth-order valence-electron chi connectivity index (χ4n) is 2.46. The highest BCUT2D eigenvalue weighted by atomic mass is 32.2. The molecule has 3 aromatic heterocycles. The second-order valence-corrected chi connectivity index (χ2v) is 6.83. The average Bonchev–Trinajstić information content (AvgIpc) is 3.17. The van der Waals surface area contributed by atoms with Gasteiger partial charge in [0.15, 0.2) is 0 Å². The van der Waals surface area contributed by atoms with Crippen LogP contribution >= 0.6 is 0 Å². The maximum atomic E-state index is 12.4. The van der Waals surface area contributed by atoms with E-state index in [2.05, 4.69) is 9.82 Å². The minimum Gasteiger partial charge on any atom is -0.443 e. The molecule has 0 fully saturated rings. The van der Waals surface area contributed by atoms with Crippen LogP contribution in [0.2, 0.25) is 0 Å². The zero-order chi connectivity index (χ0) is 15.9. The smallest absolute Gasteiger partial charge is 0.274 e. The third-order valence-electron chi connectivity index (χ3n) is 3.63. The fourth-order valence-corrected chi connectivity index (χ4v) is 3.43. The van der Waals surface area contributed by atoms with Gasteiger partial charge in [0, 0.05) is 29.8 Å². The molecule has 4 aromatic rings. The van der Waals surface area contributed by atoms with Crippen LogP contribution in [-0.2, 0) is 16.6 Å². The number of para-hydroxylation sites is 1. The Labute approximate surface area is 132 Å². The summed E-state index contributed by atoms with van der Waals surface area (Å²) in [7, 11) is -3.72. The number of furan rings is 1. The van der Waals surface area contributed by atoms with Crippen molar-refractivity contribution in [3.8, 4) is 0 Å².